The quantitative estimate of drug-likeness (QED) is 0.606. The van der Waals surface area contributed by atoms with Crippen molar-refractivity contribution in [3.63, 3.8) is 0 Å². The van der Waals surface area contributed by atoms with Crippen molar-refractivity contribution in [1.82, 2.24) is 14.8 Å². The van der Waals surface area contributed by atoms with Crippen molar-refractivity contribution in [2.75, 3.05) is 26.2 Å². The van der Waals surface area contributed by atoms with E-state index in [1.54, 1.807) is 17.0 Å². The average molecular weight is 442 g/mol. The summed E-state index contributed by atoms with van der Waals surface area (Å²) in [5.74, 6) is -0.209. The van der Waals surface area contributed by atoms with Gasteiger partial charge in [-0.1, -0.05) is 23.7 Å². The van der Waals surface area contributed by atoms with Gasteiger partial charge in [0.15, 0.2) is 0 Å². The van der Waals surface area contributed by atoms with E-state index in [0.717, 1.165) is 60.9 Å². The van der Waals surface area contributed by atoms with Crippen molar-refractivity contribution in [2.24, 2.45) is 0 Å². The third kappa shape index (κ3) is 4.27. The fraction of sp³-hybridized carbons (Fsp3) is 0.375. The van der Waals surface area contributed by atoms with Crippen LogP contribution in [0.5, 0.6) is 0 Å². The molecule has 0 bridgehead atoms. The largest absolute Gasteiger partial charge is 0.441 e. The molecule has 2 aliphatic heterocycles. The third-order valence-electron chi connectivity index (χ3n) is 6.52. The number of nitrogens with zero attached hydrogens (tertiary/aromatic N) is 2. The maximum absolute atomic E-state index is 13.6. The van der Waals surface area contributed by atoms with Crippen molar-refractivity contribution >= 4 is 28.6 Å². The van der Waals surface area contributed by atoms with Crippen LogP contribution in [0.4, 0.5) is 9.18 Å². The van der Waals surface area contributed by atoms with Gasteiger partial charge in [-0.25, -0.2) is 9.18 Å². The Balaban J connectivity index is 1.16. The van der Waals surface area contributed by atoms with E-state index < -0.39 is 0 Å². The molecule has 1 spiro atoms. The van der Waals surface area contributed by atoms with Crippen LogP contribution in [-0.2, 0) is 17.7 Å². The molecule has 0 saturated carbocycles. The summed E-state index contributed by atoms with van der Waals surface area (Å²) in [6.45, 7) is 3.85. The molecule has 3 heterocycles. The summed E-state index contributed by atoms with van der Waals surface area (Å²) < 4.78 is 19.5. The number of rotatable bonds is 5. The molecular weight excluding hydrogens is 417 g/mol. The lowest BCUT2D eigenvalue weighted by atomic mass is 9.91. The summed E-state index contributed by atoms with van der Waals surface area (Å²) >= 11 is 5.95. The molecule has 0 unspecified atom stereocenters. The number of likely N-dealkylation sites (tertiary alicyclic amines) is 1. The van der Waals surface area contributed by atoms with Crippen molar-refractivity contribution in [3.05, 3.63) is 70.6 Å². The number of carbonyl (C=O) groups excluding carboxylic acids is 1. The number of ether oxygens (including phenoxy) is 1. The van der Waals surface area contributed by atoms with E-state index in [9.17, 15) is 9.18 Å². The number of amides is 1. The number of piperidine rings is 1. The number of fused-ring (bicyclic) bond motifs is 1. The van der Waals surface area contributed by atoms with Crippen LogP contribution < -0.4 is 0 Å². The van der Waals surface area contributed by atoms with Gasteiger partial charge in [-0.2, -0.15) is 0 Å². The first-order valence-corrected chi connectivity index (χ1v) is 11.1. The Hall–Kier alpha value is -2.57. The molecule has 2 aliphatic rings. The maximum Gasteiger partial charge on any atom is 0.410 e. The molecule has 1 N–H and O–H groups in total. The summed E-state index contributed by atoms with van der Waals surface area (Å²) in [6.07, 6.45) is 4.27. The minimum atomic E-state index is -0.385. The predicted molar refractivity (Wildman–Crippen MR) is 119 cm³/mol. The molecule has 0 atom stereocenters. The summed E-state index contributed by atoms with van der Waals surface area (Å²) in [6, 6.07) is 12.4. The van der Waals surface area contributed by atoms with Crippen LogP contribution >= 0.6 is 11.6 Å². The van der Waals surface area contributed by atoms with E-state index in [1.165, 1.54) is 6.07 Å². The van der Waals surface area contributed by atoms with Gasteiger partial charge in [-0.3, -0.25) is 4.90 Å². The Kier molecular flexibility index (Phi) is 5.36. The van der Waals surface area contributed by atoms with Gasteiger partial charge in [-0.15, -0.1) is 0 Å². The van der Waals surface area contributed by atoms with E-state index in [0.29, 0.717) is 18.1 Å². The SMILES string of the molecule is O=C1OC2(CCN(CCc3c[nH]c4ccc(F)cc34)CC2)CN1Cc1ccc(Cl)cc1. The summed E-state index contributed by atoms with van der Waals surface area (Å²) in [4.78, 5) is 19.9. The highest BCUT2D eigenvalue weighted by atomic mass is 35.5. The van der Waals surface area contributed by atoms with Gasteiger partial charge in [0.05, 0.1) is 6.54 Å². The normalized spacial score (nSPS) is 18.8. The van der Waals surface area contributed by atoms with Crippen LogP contribution in [0.3, 0.4) is 0 Å². The number of benzene rings is 2. The zero-order valence-electron chi connectivity index (χ0n) is 17.2. The van der Waals surface area contributed by atoms with Crippen LogP contribution in [0.2, 0.25) is 5.02 Å². The summed E-state index contributed by atoms with van der Waals surface area (Å²) in [7, 11) is 0. The summed E-state index contributed by atoms with van der Waals surface area (Å²) in [5.41, 5.74) is 2.76. The Morgan fingerprint density at radius 3 is 2.68 bits per heavy atom. The molecule has 31 heavy (non-hydrogen) atoms. The molecule has 2 fully saturated rings. The Morgan fingerprint density at radius 2 is 1.90 bits per heavy atom. The molecule has 2 saturated heterocycles. The molecule has 1 amide bonds. The lowest BCUT2D eigenvalue weighted by molar-refractivity contribution is 0.00102. The van der Waals surface area contributed by atoms with E-state index >= 15 is 0 Å². The van der Waals surface area contributed by atoms with Gasteiger partial charge in [0.2, 0.25) is 0 Å². The second-order valence-corrected chi connectivity index (χ2v) is 9.07. The smallest absolute Gasteiger partial charge is 0.410 e. The minimum Gasteiger partial charge on any atom is -0.441 e. The molecule has 162 valence electrons. The zero-order valence-corrected chi connectivity index (χ0v) is 18.0. The topological polar surface area (TPSA) is 48.6 Å². The van der Waals surface area contributed by atoms with Crippen LogP contribution in [0, 0.1) is 5.82 Å². The van der Waals surface area contributed by atoms with Gasteiger partial charge in [0.1, 0.15) is 11.4 Å². The van der Waals surface area contributed by atoms with E-state index in [1.807, 2.05) is 30.5 Å². The number of carbonyl (C=O) groups is 1. The molecule has 1 aromatic heterocycles. The highest BCUT2D eigenvalue weighted by molar-refractivity contribution is 6.30. The van der Waals surface area contributed by atoms with Gasteiger partial charge >= 0.3 is 6.09 Å². The van der Waals surface area contributed by atoms with E-state index in [2.05, 4.69) is 9.88 Å². The Bertz CT molecular complexity index is 1090. The molecule has 3 aromatic rings. The highest BCUT2D eigenvalue weighted by Crippen LogP contribution is 2.34. The fourth-order valence-corrected chi connectivity index (χ4v) is 4.83. The van der Waals surface area contributed by atoms with Gasteiger partial charge < -0.3 is 14.6 Å². The van der Waals surface area contributed by atoms with Crippen LogP contribution in [-0.4, -0.2) is 52.7 Å². The van der Waals surface area contributed by atoms with E-state index in [-0.39, 0.29) is 17.5 Å². The second kappa shape index (κ2) is 8.17. The monoisotopic (exact) mass is 441 g/mol. The number of aromatic nitrogens is 1. The average Bonchev–Trinajstić information content (AvgIpc) is 3.29. The first kappa shape index (κ1) is 20.3. The number of hydrogen-bond acceptors (Lipinski definition) is 3. The minimum absolute atomic E-state index is 0.209. The first-order valence-electron chi connectivity index (χ1n) is 10.7. The fourth-order valence-electron chi connectivity index (χ4n) is 4.71. The third-order valence-corrected chi connectivity index (χ3v) is 6.77. The van der Waals surface area contributed by atoms with Gasteiger partial charge in [0.25, 0.3) is 0 Å². The second-order valence-electron chi connectivity index (χ2n) is 8.63. The van der Waals surface area contributed by atoms with Crippen molar-refractivity contribution in [2.45, 2.75) is 31.4 Å². The summed E-state index contributed by atoms with van der Waals surface area (Å²) in [5, 5.41) is 1.64. The standard InChI is InChI=1S/C24H25ClFN3O2/c25-19-3-1-17(2-4-19)15-29-16-24(31-23(29)30)8-11-28(12-9-24)10-7-18-14-27-22-6-5-20(26)13-21(18)22/h1-6,13-14,27H,7-12,15-16H2. The number of hydrogen-bond donors (Lipinski definition) is 1. The van der Waals surface area contributed by atoms with Gasteiger partial charge in [-0.05, 0) is 47.9 Å². The highest BCUT2D eigenvalue weighted by Gasteiger charge is 2.46. The van der Waals surface area contributed by atoms with Gasteiger partial charge in [0, 0.05) is 61.1 Å². The van der Waals surface area contributed by atoms with Crippen LogP contribution in [0.15, 0.2) is 48.7 Å². The molecule has 7 heteroatoms. The molecule has 0 radical (unpaired) electrons. The molecule has 5 nitrogen and oxygen atoms in total. The van der Waals surface area contributed by atoms with Crippen molar-refractivity contribution < 1.29 is 13.9 Å². The number of H-pyrrole nitrogens is 1. The number of halogens is 2. The molecular formula is C24H25ClFN3O2. The number of nitrogens with one attached hydrogen (secondary N) is 1. The lowest BCUT2D eigenvalue weighted by Gasteiger charge is -2.37. The molecule has 0 aliphatic carbocycles. The van der Waals surface area contributed by atoms with Crippen molar-refractivity contribution in [3.8, 4) is 0 Å². The van der Waals surface area contributed by atoms with Crippen molar-refractivity contribution in [1.29, 1.82) is 0 Å². The lowest BCUT2D eigenvalue weighted by Crippen LogP contribution is -2.47. The van der Waals surface area contributed by atoms with Crippen LogP contribution in [0.25, 0.3) is 10.9 Å². The predicted octanol–water partition coefficient (Wildman–Crippen LogP) is 4.99. The Labute approximate surface area is 185 Å². The van der Waals surface area contributed by atoms with E-state index in [4.69, 9.17) is 16.3 Å². The first-order chi connectivity index (χ1) is 15.0. The Morgan fingerprint density at radius 1 is 1.13 bits per heavy atom. The molecule has 2 aromatic carbocycles. The number of aromatic amines is 1. The zero-order chi connectivity index (χ0) is 21.4. The van der Waals surface area contributed by atoms with Crippen LogP contribution in [0.1, 0.15) is 24.0 Å². The molecule has 5 rings (SSSR count). The maximum atomic E-state index is 13.6.